The van der Waals surface area contributed by atoms with E-state index in [9.17, 15) is 48.1 Å². The summed E-state index contributed by atoms with van der Waals surface area (Å²) in [5.41, 5.74) is 2.76. The predicted octanol–water partition coefficient (Wildman–Crippen LogP) is 13.0. The fourth-order valence-electron chi connectivity index (χ4n) is 9.23. The maximum Gasteiger partial charge on any atom is 0.343 e. The molecule has 0 bridgehead atoms. The van der Waals surface area contributed by atoms with Gasteiger partial charge in [-0.2, -0.15) is 26.0 Å². The summed E-state index contributed by atoms with van der Waals surface area (Å²) in [6, 6.07) is 51.5. The Morgan fingerprint density at radius 3 is 1.29 bits per heavy atom. The summed E-state index contributed by atoms with van der Waals surface area (Å²) >= 11 is 0. The maximum atomic E-state index is 14.9. The van der Waals surface area contributed by atoms with E-state index in [1.807, 2.05) is 30.0 Å². The van der Waals surface area contributed by atoms with Crippen LogP contribution in [0.5, 0.6) is 23.0 Å². The van der Waals surface area contributed by atoms with Crippen molar-refractivity contribution in [1.82, 2.24) is 0 Å². The van der Waals surface area contributed by atoms with Gasteiger partial charge in [0.2, 0.25) is 0 Å². The molecule has 8 aromatic rings. The van der Waals surface area contributed by atoms with Crippen molar-refractivity contribution in [3.63, 3.8) is 0 Å². The lowest BCUT2D eigenvalue weighted by molar-refractivity contribution is -0.384. The molecule has 8 aromatic carbocycles. The topological polar surface area (TPSA) is 311 Å². The molecular weight excluding hydrogens is 1320 g/mol. The van der Waals surface area contributed by atoms with Crippen LogP contribution in [-0.2, 0) is 38.1 Å². The molecule has 516 valence electrons. The number of esters is 5. The minimum atomic E-state index is -1.99. The first-order valence-electron chi connectivity index (χ1n) is 31.6. The Balaban J connectivity index is 0.754. The zero-order valence-corrected chi connectivity index (χ0v) is 54.8. The number of ether oxygens (including phenoxy) is 9. The van der Waals surface area contributed by atoms with E-state index in [4.69, 9.17) is 53.2 Å². The van der Waals surface area contributed by atoms with Crippen molar-refractivity contribution in [3.8, 4) is 64.9 Å². The standard InChI is InChI=1S/C77H63F2N7O16/c1-2-85(64-25-21-62(22-26-64)83-84-63-23-27-65(28-24-63)86(92)93)39-40-100-76(91)77(53-82,37-35-72(87)98-47-43-94-41-45-96-66-29-17-60(18-30-66)74(89)101-70-33-15-56(49-68(70)78)9-3-54-5-11-58(51-80)12-6-54)38-36-73(88)99-48-44-95-42-46-97-67-31-19-61(20-32-67)75(90)102-71-34-16-57(50-69(71)79)10-4-55-7-13-59(52-81)14-8-55/h5-8,11-34,49-50H,2,35-48H2,1H3. The summed E-state index contributed by atoms with van der Waals surface area (Å²) in [5.74, 6) is 5.93. The lowest BCUT2D eigenvalue weighted by Crippen LogP contribution is -2.36. The molecule has 0 radical (unpaired) electrons. The Bertz CT molecular complexity index is 4320. The van der Waals surface area contributed by atoms with E-state index >= 15 is 0 Å². The molecule has 0 N–H and O–H groups in total. The SMILES string of the molecule is CCN(CCOC(=O)C(C#N)(CCC(=O)OCCOCCOc1ccc(C(=O)Oc2ccc(C#Cc3ccc(C#N)cc3)cc2F)cc1)CCC(=O)OCCOCCOc1ccc(C(=O)Oc2ccc(C#Cc3ccc(C#N)cc3)cc2F)cc1)c1ccc(N=Nc2ccc([N+](=O)[O-])cc2)cc1. The zero-order chi connectivity index (χ0) is 72.5. The van der Waals surface area contributed by atoms with Crippen molar-refractivity contribution in [1.29, 1.82) is 15.8 Å². The number of azo groups is 1. The molecule has 0 aliphatic carbocycles. The number of rotatable bonds is 33. The Labute approximate surface area is 585 Å². The van der Waals surface area contributed by atoms with Crippen molar-refractivity contribution in [2.24, 2.45) is 15.6 Å². The third-order valence-electron chi connectivity index (χ3n) is 14.8. The molecular formula is C77H63F2N7O16. The van der Waals surface area contributed by atoms with Crippen LogP contribution in [0.15, 0.2) is 192 Å². The van der Waals surface area contributed by atoms with Crippen LogP contribution in [0.1, 0.15) is 86.7 Å². The monoisotopic (exact) mass is 1380 g/mol. The average molecular weight is 1380 g/mol. The van der Waals surface area contributed by atoms with Gasteiger partial charge in [-0.05, 0) is 190 Å². The molecule has 0 amide bonds. The van der Waals surface area contributed by atoms with Crippen LogP contribution >= 0.6 is 0 Å². The second-order valence-corrected chi connectivity index (χ2v) is 21.8. The number of nitro benzene ring substituents is 1. The molecule has 0 saturated carbocycles. The lowest BCUT2D eigenvalue weighted by atomic mass is 9.80. The fourth-order valence-corrected chi connectivity index (χ4v) is 9.23. The van der Waals surface area contributed by atoms with Crippen LogP contribution in [0.4, 0.5) is 31.5 Å². The fraction of sp³-hybridized carbons (Fsp3) is 0.221. The first-order valence-corrected chi connectivity index (χ1v) is 31.6. The van der Waals surface area contributed by atoms with E-state index in [0.717, 1.165) is 17.8 Å². The molecule has 25 heteroatoms. The van der Waals surface area contributed by atoms with Crippen LogP contribution < -0.4 is 23.8 Å². The molecule has 0 unspecified atom stereocenters. The van der Waals surface area contributed by atoms with E-state index in [1.54, 1.807) is 72.8 Å². The van der Waals surface area contributed by atoms with Crippen molar-refractivity contribution >= 4 is 52.6 Å². The number of benzene rings is 8. The van der Waals surface area contributed by atoms with Crippen molar-refractivity contribution in [2.45, 2.75) is 32.6 Å². The smallest absolute Gasteiger partial charge is 0.343 e. The Morgan fingerprint density at radius 1 is 0.490 bits per heavy atom. The number of carbonyl (C=O) groups excluding carboxylic acids is 5. The lowest BCUT2D eigenvalue weighted by Gasteiger charge is -2.26. The number of nitrogens with zero attached hydrogens (tertiary/aromatic N) is 7. The van der Waals surface area contributed by atoms with E-state index in [-0.39, 0.29) is 107 Å². The number of nitriles is 3. The van der Waals surface area contributed by atoms with E-state index in [1.165, 1.54) is 97.1 Å². The van der Waals surface area contributed by atoms with Crippen molar-refractivity contribution in [2.75, 3.05) is 77.5 Å². The summed E-state index contributed by atoms with van der Waals surface area (Å²) in [7, 11) is 0. The van der Waals surface area contributed by atoms with Crippen molar-refractivity contribution in [3.05, 3.63) is 248 Å². The van der Waals surface area contributed by atoms with Gasteiger partial charge in [-0.25, -0.2) is 18.4 Å². The molecule has 0 spiro atoms. The second-order valence-electron chi connectivity index (χ2n) is 21.8. The third kappa shape index (κ3) is 23.6. The Kier molecular flexibility index (Phi) is 28.3. The van der Waals surface area contributed by atoms with Gasteiger partial charge >= 0.3 is 29.8 Å². The number of anilines is 1. The van der Waals surface area contributed by atoms with Crippen molar-refractivity contribution < 1.29 is 80.3 Å². The largest absolute Gasteiger partial charge is 0.491 e. The highest BCUT2D eigenvalue weighted by molar-refractivity contribution is 5.92. The van der Waals surface area contributed by atoms with Gasteiger partial charge in [0.25, 0.3) is 5.69 Å². The molecule has 23 nitrogen and oxygen atoms in total. The minimum Gasteiger partial charge on any atom is -0.491 e. The number of likely N-dealkylation sites (N-methyl/N-ethyl adjacent to an activating group) is 1. The molecule has 0 heterocycles. The van der Waals surface area contributed by atoms with Gasteiger partial charge in [-0.15, -0.1) is 0 Å². The normalized spacial score (nSPS) is 10.6. The van der Waals surface area contributed by atoms with Gasteiger partial charge in [0.15, 0.2) is 28.5 Å². The number of non-ortho nitro benzene ring substituents is 1. The third-order valence-corrected chi connectivity index (χ3v) is 14.8. The molecule has 102 heavy (non-hydrogen) atoms. The summed E-state index contributed by atoms with van der Waals surface area (Å²) in [6.45, 7) is 2.15. The predicted molar refractivity (Wildman–Crippen MR) is 363 cm³/mol. The van der Waals surface area contributed by atoms with Gasteiger partial charge in [-0.3, -0.25) is 24.5 Å². The second kappa shape index (κ2) is 38.7. The minimum absolute atomic E-state index is 0.0446. The molecule has 8 rings (SSSR count). The summed E-state index contributed by atoms with van der Waals surface area (Å²) in [6.07, 6.45) is -1.58. The van der Waals surface area contributed by atoms with E-state index in [2.05, 4.69) is 33.9 Å². The maximum absolute atomic E-state index is 14.9. The zero-order valence-electron chi connectivity index (χ0n) is 54.8. The van der Waals surface area contributed by atoms with Gasteiger partial charge in [0.05, 0.1) is 89.7 Å². The highest BCUT2D eigenvalue weighted by atomic mass is 19.1. The number of nitro groups is 1. The molecule has 0 fully saturated rings. The highest BCUT2D eigenvalue weighted by Gasteiger charge is 2.41. The number of hydrogen-bond donors (Lipinski definition) is 0. The molecule has 0 saturated heterocycles. The van der Waals surface area contributed by atoms with E-state index < -0.39 is 64.7 Å². The number of hydrogen-bond acceptors (Lipinski definition) is 22. The van der Waals surface area contributed by atoms with Gasteiger partial charge < -0.3 is 47.5 Å². The summed E-state index contributed by atoms with van der Waals surface area (Å²) in [4.78, 5) is 78.2. The Hall–Kier alpha value is -13.1. The van der Waals surface area contributed by atoms with Gasteiger partial charge in [-0.1, -0.05) is 23.7 Å². The highest BCUT2D eigenvalue weighted by Crippen LogP contribution is 2.33. The number of carbonyl (C=O) groups is 5. The van der Waals surface area contributed by atoms with Crippen LogP contribution in [0.25, 0.3) is 0 Å². The molecule has 0 aliphatic rings. The van der Waals surface area contributed by atoms with Gasteiger partial charge in [0, 0.05) is 59.5 Å². The quantitative estimate of drug-likeness (QED) is 0.00539. The molecule has 0 aliphatic heterocycles. The van der Waals surface area contributed by atoms with Crippen LogP contribution in [-0.4, -0.2) is 107 Å². The average Bonchev–Trinajstić information content (AvgIpc) is 0.852. The first kappa shape index (κ1) is 74.7. The van der Waals surface area contributed by atoms with Crippen LogP contribution in [0.2, 0.25) is 0 Å². The number of halogens is 2. The summed E-state index contributed by atoms with van der Waals surface area (Å²) < 4.78 is 79.2. The van der Waals surface area contributed by atoms with Crippen LogP contribution in [0.3, 0.4) is 0 Å². The van der Waals surface area contributed by atoms with E-state index in [0.29, 0.717) is 62.8 Å². The summed E-state index contributed by atoms with van der Waals surface area (Å²) in [5, 5.41) is 47.9. The molecule has 0 atom stereocenters. The molecule has 0 aromatic heterocycles. The Morgan fingerprint density at radius 2 is 0.892 bits per heavy atom. The first-order chi connectivity index (χ1) is 49.5. The van der Waals surface area contributed by atoms with Crippen LogP contribution in [0, 0.1) is 84.8 Å². The van der Waals surface area contributed by atoms with Gasteiger partial charge in [0.1, 0.15) is 44.5 Å².